The molecule has 1 fully saturated rings. The lowest BCUT2D eigenvalue weighted by Gasteiger charge is -2.32. The fourth-order valence-corrected chi connectivity index (χ4v) is 3.41. The highest BCUT2D eigenvalue weighted by Crippen LogP contribution is 2.30. The molecule has 1 aromatic carbocycles. The Labute approximate surface area is 125 Å². The van der Waals surface area contributed by atoms with E-state index in [0.29, 0.717) is 10.7 Å². The second-order valence-electron chi connectivity index (χ2n) is 5.22. The standard InChI is InChI=1S/C14H20ClNO3S/c1-19-14-6-4-3-5-12(14)16-13-9-10(20(2,17)18)7-8-11(13)15/h7-9,12,14,16H,3-6H2,1-2H3. The van der Waals surface area contributed by atoms with Crippen LogP contribution in [0.25, 0.3) is 0 Å². The van der Waals surface area contributed by atoms with Gasteiger partial charge in [-0.25, -0.2) is 8.42 Å². The Kier molecular flexibility index (Phi) is 4.94. The molecular weight excluding hydrogens is 298 g/mol. The number of sulfone groups is 1. The summed E-state index contributed by atoms with van der Waals surface area (Å²) in [6.45, 7) is 0. The van der Waals surface area contributed by atoms with Gasteiger partial charge in [0.1, 0.15) is 0 Å². The van der Waals surface area contributed by atoms with Crippen molar-refractivity contribution in [3.05, 3.63) is 23.2 Å². The third-order valence-corrected chi connectivity index (χ3v) is 5.15. The van der Waals surface area contributed by atoms with E-state index in [-0.39, 0.29) is 17.0 Å². The van der Waals surface area contributed by atoms with E-state index in [9.17, 15) is 8.42 Å². The van der Waals surface area contributed by atoms with Gasteiger partial charge in [-0.15, -0.1) is 0 Å². The van der Waals surface area contributed by atoms with Crippen molar-refractivity contribution in [2.24, 2.45) is 0 Å². The minimum atomic E-state index is -3.23. The van der Waals surface area contributed by atoms with Crippen LogP contribution in [-0.4, -0.2) is 33.9 Å². The lowest BCUT2D eigenvalue weighted by molar-refractivity contribution is 0.0606. The molecule has 1 N–H and O–H groups in total. The zero-order chi connectivity index (χ0) is 14.8. The summed E-state index contributed by atoms with van der Waals surface area (Å²) < 4.78 is 28.7. The van der Waals surface area contributed by atoms with Gasteiger partial charge in [-0.2, -0.15) is 0 Å². The molecule has 2 rings (SSSR count). The zero-order valence-corrected chi connectivity index (χ0v) is 13.3. The van der Waals surface area contributed by atoms with Crippen molar-refractivity contribution in [3.63, 3.8) is 0 Å². The quantitative estimate of drug-likeness (QED) is 0.927. The number of rotatable bonds is 4. The molecule has 0 saturated heterocycles. The molecular formula is C14H20ClNO3S. The van der Waals surface area contributed by atoms with Crippen LogP contribution in [0.2, 0.25) is 5.02 Å². The highest BCUT2D eigenvalue weighted by molar-refractivity contribution is 7.90. The van der Waals surface area contributed by atoms with Gasteiger partial charge in [-0.1, -0.05) is 24.4 Å². The van der Waals surface area contributed by atoms with E-state index in [0.717, 1.165) is 25.7 Å². The minimum Gasteiger partial charge on any atom is -0.379 e. The fourth-order valence-electron chi connectivity index (χ4n) is 2.59. The molecule has 4 nitrogen and oxygen atoms in total. The third-order valence-electron chi connectivity index (χ3n) is 3.71. The molecule has 0 aromatic heterocycles. The summed E-state index contributed by atoms with van der Waals surface area (Å²) >= 11 is 6.16. The van der Waals surface area contributed by atoms with Crippen molar-refractivity contribution in [2.45, 2.75) is 42.7 Å². The lowest BCUT2D eigenvalue weighted by Crippen LogP contribution is -2.37. The summed E-state index contributed by atoms with van der Waals surface area (Å²) in [6.07, 6.45) is 5.64. The van der Waals surface area contributed by atoms with Gasteiger partial charge in [0.25, 0.3) is 0 Å². The van der Waals surface area contributed by atoms with Crippen molar-refractivity contribution in [1.82, 2.24) is 0 Å². The number of nitrogens with one attached hydrogen (secondary N) is 1. The first-order valence-electron chi connectivity index (χ1n) is 6.71. The number of halogens is 1. The average Bonchev–Trinajstić information content (AvgIpc) is 2.40. The van der Waals surface area contributed by atoms with E-state index in [1.54, 1.807) is 19.2 Å². The molecule has 0 spiro atoms. The largest absolute Gasteiger partial charge is 0.379 e. The monoisotopic (exact) mass is 317 g/mol. The Hall–Kier alpha value is -0.780. The number of benzene rings is 1. The van der Waals surface area contributed by atoms with Crippen molar-refractivity contribution < 1.29 is 13.2 Å². The predicted molar refractivity (Wildman–Crippen MR) is 81.2 cm³/mol. The maximum atomic E-state index is 11.6. The van der Waals surface area contributed by atoms with E-state index < -0.39 is 9.84 Å². The molecule has 0 amide bonds. The van der Waals surface area contributed by atoms with E-state index in [4.69, 9.17) is 16.3 Å². The molecule has 0 heterocycles. The average molecular weight is 318 g/mol. The number of ether oxygens (including phenoxy) is 1. The van der Waals surface area contributed by atoms with Gasteiger partial charge in [-0.3, -0.25) is 0 Å². The van der Waals surface area contributed by atoms with E-state index >= 15 is 0 Å². The Balaban J connectivity index is 2.24. The summed E-state index contributed by atoms with van der Waals surface area (Å²) in [5, 5.41) is 3.87. The molecule has 6 heteroatoms. The summed E-state index contributed by atoms with van der Waals surface area (Å²) in [5.41, 5.74) is 0.656. The molecule has 20 heavy (non-hydrogen) atoms. The van der Waals surface area contributed by atoms with Crippen molar-refractivity contribution in [3.8, 4) is 0 Å². The smallest absolute Gasteiger partial charge is 0.175 e. The van der Waals surface area contributed by atoms with Gasteiger partial charge >= 0.3 is 0 Å². The van der Waals surface area contributed by atoms with Crippen LogP contribution in [0.15, 0.2) is 23.1 Å². The maximum Gasteiger partial charge on any atom is 0.175 e. The normalized spacial score (nSPS) is 23.6. The van der Waals surface area contributed by atoms with Gasteiger partial charge < -0.3 is 10.1 Å². The Bertz CT molecular complexity index is 574. The molecule has 0 aliphatic heterocycles. The summed E-state index contributed by atoms with van der Waals surface area (Å²) in [6, 6.07) is 4.91. The van der Waals surface area contributed by atoms with Crippen molar-refractivity contribution in [2.75, 3.05) is 18.7 Å². The second kappa shape index (κ2) is 6.33. The number of hydrogen-bond acceptors (Lipinski definition) is 4. The number of methoxy groups -OCH3 is 1. The Morgan fingerprint density at radius 3 is 2.65 bits per heavy atom. The third kappa shape index (κ3) is 3.65. The highest BCUT2D eigenvalue weighted by Gasteiger charge is 2.25. The van der Waals surface area contributed by atoms with Crippen LogP contribution in [0.4, 0.5) is 5.69 Å². The van der Waals surface area contributed by atoms with Crippen LogP contribution in [0.1, 0.15) is 25.7 Å². The molecule has 2 unspecified atom stereocenters. The fraction of sp³-hybridized carbons (Fsp3) is 0.571. The first-order valence-corrected chi connectivity index (χ1v) is 8.97. The molecule has 1 aliphatic rings. The highest BCUT2D eigenvalue weighted by atomic mass is 35.5. The van der Waals surface area contributed by atoms with E-state index in [2.05, 4.69) is 5.32 Å². The van der Waals surface area contributed by atoms with Crippen LogP contribution in [0, 0.1) is 0 Å². The van der Waals surface area contributed by atoms with Gasteiger partial charge in [0.2, 0.25) is 0 Å². The number of anilines is 1. The molecule has 1 aliphatic carbocycles. The molecule has 0 radical (unpaired) electrons. The van der Waals surface area contributed by atoms with Gasteiger partial charge in [-0.05, 0) is 31.0 Å². The first kappa shape index (κ1) is 15.6. The van der Waals surface area contributed by atoms with Crippen molar-refractivity contribution >= 4 is 27.1 Å². The van der Waals surface area contributed by atoms with Gasteiger partial charge in [0.05, 0.1) is 27.8 Å². The topological polar surface area (TPSA) is 55.4 Å². The van der Waals surface area contributed by atoms with Crippen LogP contribution in [0.3, 0.4) is 0 Å². The summed E-state index contributed by atoms with van der Waals surface area (Å²) in [7, 11) is -1.52. The van der Waals surface area contributed by atoms with E-state index in [1.165, 1.54) is 12.3 Å². The van der Waals surface area contributed by atoms with Crippen LogP contribution in [0.5, 0.6) is 0 Å². The maximum absolute atomic E-state index is 11.6. The Morgan fingerprint density at radius 2 is 2.00 bits per heavy atom. The molecule has 2 atom stereocenters. The summed E-state index contributed by atoms with van der Waals surface area (Å²) in [4.78, 5) is 0.272. The molecule has 112 valence electrons. The molecule has 0 bridgehead atoms. The summed E-state index contributed by atoms with van der Waals surface area (Å²) in [5.74, 6) is 0. The zero-order valence-electron chi connectivity index (χ0n) is 11.7. The second-order valence-corrected chi connectivity index (χ2v) is 7.65. The lowest BCUT2D eigenvalue weighted by atomic mass is 9.92. The van der Waals surface area contributed by atoms with Crippen LogP contribution < -0.4 is 5.32 Å². The Morgan fingerprint density at radius 1 is 1.30 bits per heavy atom. The predicted octanol–water partition coefficient (Wildman–Crippen LogP) is 3.11. The first-order chi connectivity index (χ1) is 9.41. The van der Waals surface area contributed by atoms with Crippen LogP contribution in [-0.2, 0) is 14.6 Å². The van der Waals surface area contributed by atoms with Crippen LogP contribution >= 0.6 is 11.6 Å². The molecule has 1 aromatic rings. The van der Waals surface area contributed by atoms with Gasteiger partial charge in [0.15, 0.2) is 9.84 Å². The van der Waals surface area contributed by atoms with E-state index in [1.807, 2.05) is 0 Å². The molecule has 1 saturated carbocycles. The van der Waals surface area contributed by atoms with Crippen molar-refractivity contribution in [1.29, 1.82) is 0 Å². The van der Waals surface area contributed by atoms with Gasteiger partial charge in [0, 0.05) is 13.4 Å². The minimum absolute atomic E-state index is 0.140. The number of hydrogen-bond donors (Lipinski definition) is 1. The SMILES string of the molecule is COC1CCCCC1Nc1cc(S(C)(=O)=O)ccc1Cl.